The quantitative estimate of drug-likeness (QED) is 0.875. The molecule has 0 unspecified atom stereocenters. The molecular formula is C12H14N4O. The van der Waals surface area contributed by atoms with Gasteiger partial charge in [0.1, 0.15) is 11.6 Å². The standard InChI is InChI=1S/C12H14N4O/c1-3-9(4-2)16-10-8(7-13)5-6-14-11(10)15-12(16)17/h5-6,9H,3-4H2,1-2H3,(H,14,15,17). The van der Waals surface area contributed by atoms with Crippen LogP contribution in [0.5, 0.6) is 0 Å². The molecule has 0 aliphatic rings. The van der Waals surface area contributed by atoms with Crippen LogP contribution in [-0.4, -0.2) is 14.5 Å². The normalized spacial score (nSPS) is 10.9. The highest BCUT2D eigenvalue weighted by Gasteiger charge is 2.17. The Balaban J connectivity index is 2.82. The minimum absolute atomic E-state index is 0.104. The molecule has 88 valence electrons. The van der Waals surface area contributed by atoms with Crippen molar-refractivity contribution in [3.63, 3.8) is 0 Å². The average Bonchev–Trinajstić information content (AvgIpc) is 2.68. The first-order valence-electron chi connectivity index (χ1n) is 5.72. The first kappa shape index (κ1) is 11.4. The van der Waals surface area contributed by atoms with Gasteiger partial charge in [-0.2, -0.15) is 5.26 Å². The molecule has 0 bridgehead atoms. The number of aromatic amines is 1. The van der Waals surface area contributed by atoms with Gasteiger partial charge in [-0.25, -0.2) is 9.78 Å². The zero-order valence-corrected chi connectivity index (χ0v) is 9.90. The SMILES string of the molecule is CCC(CC)n1c(=O)[nH]c2nccc(C#N)c21. The maximum Gasteiger partial charge on any atom is 0.327 e. The number of rotatable bonds is 3. The Morgan fingerprint density at radius 1 is 1.53 bits per heavy atom. The van der Waals surface area contributed by atoms with E-state index in [1.54, 1.807) is 10.6 Å². The smallest absolute Gasteiger partial charge is 0.290 e. The van der Waals surface area contributed by atoms with E-state index in [4.69, 9.17) is 5.26 Å². The summed E-state index contributed by atoms with van der Waals surface area (Å²) in [5, 5.41) is 9.09. The minimum atomic E-state index is -0.191. The highest BCUT2D eigenvalue weighted by atomic mass is 16.1. The summed E-state index contributed by atoms with van der Waals surface area (Å²) in [6.45, 7) is 4.06. The van der Waals surface area contributed by atoms with Gasteiger partial charge < -0.3 is 0 Å². The molecule has 0 amide bonds. The zero-order valence-electron chi connectivity index (χ0n) is 9.90. The van der Waals surface area contributed by atoms with Gasteiger partial charge in [0, 0.05) is 12.2 Å². The van der Waals surface area contributed by atoms with Crippen molar-refractivity contribution in [2.24, 2.45) is 0 Å². The number of imidazole rings is 1. The molecule has 2 aromatic heterocycles. The van der Waals surface area contributed by atoms with Gasteiger partial charge >= 0.3 is 5.69 Å². The van der Waals surface area contributed by atoms with Crippen LogP contribution in [-0.2, 0) is 0 Å². The van der Waals surface area contributed by atoms with Gasteiger partial charge in [-0.1, -0.05) is 13.8 Å². The number of nitriles is 1. The van der Waals surface area contributed by atoms with Gasteiger partial charge in [0.15, 0.2) is 5.65 Å². The van der Waals surface area contributed by atoms with Gasteiger partial charge in [0.2, 0.25) is 0 Å². The number of aromatic nitrogens is 3. The second-order valence-electron chi connectivity index (χ2n) is 3.94. The van der Waals surface area contributed by atoms with Crippen LogP contribution in [0.3, 0.4) is 0 Å². The Labute approximate surface area is 98.7 Å². The monoisotopic (exact) mass is 230 g/mol. The summed E-state index contributed by atoms with van der Waals surface area (Å²) in [5.41, 5.74) is 1.40. The molecule has 0 atom stereocenters. The predicted molar refractivity (Wildman–Crippen MR) is 64.7 cm³/mol. The van der Waals surface area contributed by atoms with Crippen molar-refractivity contribution in [3.05, 3.63) is 28.3 Å². The number of hydrogen-bond acceptors (Lipinski definition) is 3. The van der Waals surface area contributed by atoms with Crippen molar-refractivity contribution < 1.29 is 0 Å². The summed E-state index contributed by atoms with van der Waals surface area (Å²) in [6, 6.07) is 3.84. The van der Waals surface area contributed by atoms with E-state index in [1.807, 2.05) is 13.8 Å². The average molecular weight is 230 g/mol. The van der Waals surface area contributed by atoms with Crippen molar-refractivity contribution in [1.29, 1.82) is 5.26 Å². The van der Waals surface area contributed by atoms with E-state index in [0.717, 1.165) is 12.8 Å². The van der Waals surface area contributed by atoms with Crippen LogP contribution in [0.2, 0.25) is 0 Å². The summed E-state index contributed by atoms with van der Waals surface area (Å²) >= 11 is 0. The van der Waals surface area contributed by atoms with E-state index in [9.17, 15) is 4.79 Å². The Morgan fingerprint density at radius 2 is 2.24 bits per heavy atom. The fraction of sp³-hybridized carbons (Fsp3) is 0.417. The third-order valence-corrected chi connectivity index (χ3v) is 3.04. The van der Waals surface area contributed by atoms with Crippen molar-refractivity contribution in [2.45, 2.75) is 32.7 Å². The second-order valence-corrected chi connectivity index (χ2v) is 3.94. The molecule has 17 heavy (non-hydrogen) atoms. The first-order valence-corrected chi connectivity index (χ1v) is 5.72. The van der Waals surface area contributed by atoms with Gasteiger partial charge in [0.25, 0.3) is 0 Å². The molecule has 0 aliphatic carbocycles. The van der Waals surface area contributed by atoms with Gasteiger partial charge in [-0.3, -0.25) is 9.55 Å². The lowest BCUT2D eigenvalue weighted by molar-refractivity contribution is 0.471. The van der Waals surface area contributed by atoms with Crippen molar-refractivity contribution in [2.75, 3.05) is 0 Å². The third-order valence-electron chi connectivity index (χ3n) is 3.04. The number of fused-ring (bicyclic) bond motifs is 1. The molecule has 0 radical (unpaired) electrons. The number of nitrogens with one attached hydrogen (secondary N) is 1. The Hall–Kier alpha value is -2.09. The summed E-state index contributed by atoms with van der Waals surface area (Å²) in [6.07, 6.45) is 3.24. The largest absolute Gasteiger partial charge is 0.327 e. The van der Waals surface area contributed by atoms with E-state index in [1.165, 1.54) is 6.20 Å². The number of hydrogen-bond donors (Lipinski definition) is 1. The predicted octanol–water partition coefficient (Wildman–Crippen LogP) is 1.96. The Morgan fingerprint density at radius 3 is 2.82 bits per heavy atom. The van der Waals surface area contributed by atoms with E-state index in [-0.39, 0.29) is 11.7 Å². The van der Waals surface area contributed by atoms with Gasteiger partial charge in [-0.15, -0.1) is 0 Å². The van der Waals surface area contributed by atoms with Crippen LogP contribution in [0.15, 0.2) is 17.1 Å². The molecule has 5 heteroatoms. The molecule has 2 heterocycles. The Kier molecular flexibility index (Phi) is 2.96. The summed E-state index contributed by atoms with van der Waals surface area (Å²) in [4.78, 5) is 18.7. The molecule has 0 fully saturated rings. The van der Waals surface area contributed by atoms with E-state index >= 15 is 0 Å². The second kappa shape index (κ2) is 4.42. The van der Waals surface area contributed by atoms with Crippen LogP contribution in [0.1, 0.15) is 38.3 Å². The first-order chi connectivity index (χ1) is 8.22. The molecular weight excluding hydrogens is 216 g/mol. The molecule has 2 rings (SSSR count). The molecule has 0 aromatic carbocycles. The maximum absolute atomic E-state index is 11.9. The summed E-state index contributed by atoms with van der Waals surface area (Å²) in [7, 11) is 0. The van der Waals surface area contributed by atoms with Crippen LogP contribution in [0, 0.1) is 11.3 Å². The van der Waals surface area contributed by atoms with Crippen molar-refractivity contribution in [3.8, 4) is 6.07 Å². The van der Waals surface area contributed by atoms with Crippen LogP contribution in [0.4, 0.5) is 0 Å². The van der Waals surface area contributed by atoms with E-state index in [0.29, 0.717) is 16.7 Å². The summed E-state index contributed by atoms with van der Waals surface area (Å²) < 4.78 is 1.65. The van der Waals surface area contributed by atoms with Gasteiger partial charge in [0.05, 0.1) is 5.56 Å². The highest BCUT2D eigenvalue weighted by molar-refractivity contribution is 5.78. The molecule has 5 nitrogen and oxygen atoms in total. The fourth-order valence-corrected chi connectivity index (χ4v) is 2.14. The van der Waals surface area contributed by atoms with Crippen LogP contribution < -0.4 is 5.69 Å². The fourth-order valence-electron chi connectivity index (χ4n) is 2.14. The molecule has 0 aliphatic heterocycles. The van der Waals surface area contributed by atoms with Crippen molar-refractivity contribution >= 4 is 11.2 Å². The lowest BCUT2D eigenvalue weighted by atomic mass is 10.1. The number of pyridine rings is 1. The lowest BCUT2D eigenvalue weighted by Gasteiger charge is -2.14. The number of nitrogens with zero attached hydrogens (tertiary/aromatic N) is 3. The molecule has 1 N–H and O–H groups in total. The maximum atomic E-state index is 11.9. The van der Waals surface area contributed by atoms with E-state index < -0.39 is 0 Å². The van der Waals surface area contributed by atoms with E-state index in [2.05, 4.69) is 16.0 Å². The molecule has 0 saturated carbocycles. The third kappa shape index (κ3) is 1.72. The zero-order chi connectivity index (χ0) is 12.4. The molecule has 0 spiro atoms. The Bertz CT molecular complexity index is 628. The highest BCUT2D eigenvalue weighted by Crippen LogP contribution is 2.21. The molecule has 2 aromatic rings. The lowest BCUT2D eigenvalue weighted by Crippen LogP contribution is -2.21. The van der Waals surface area contributed by atoms with Crippen molar-refractivity contribution in [1.82, 2.24) is 14.5 Å². The van der Waals surface area contributed by atoms with Gasteiger partial charge in [-0.05, 0) is 18.9 Å². The van der Waals surface area contributed by atoms with Crippen LogP contribution in [0.25, 0.3) is 11.2 Å². The van der Waals surface area contributed by atoms with Crippen LogP contribution >= 0.6 is 0 Å². The topological polar surface area (TPSA) is 74.5 Å². The molecule has 0 saturated heterocycles. The number of H-pyrrole nitrogens is 1. The minimum Gasteiger partial charge on any atom is -0.290 e. The summed E-state index contributed by atoms with van der Waals surface area (Å²) in [5.74, 6) is 0.